The highest BCUT2D eigenvalue weighted by atomic mass is 19.2. The van der Waals surface area contributed by atoms with E-state index in [2.05, 4.69) is 0 Å². The van der Waals surface area contributed by atoms with Crippen molar-refractivity contribution in [1.82, 2.24) is 0 Å². The van der Waals surface area contributed by atoms with Gasteiger partial charge in [0, 0.05) is 0 Å². The molecular formula is C20H21F3O. The highest BCUT2D eigenvalue weighted by Crippen LogP contribution is 2.42. The first-order chi connectivity index (χ1) is 11.5. The lowest BCUT2D eigenvalue weighted by atomic mass is 9.76. The zero-order chi connectivity index (χ0) is 17.3. The maximum Gasteiger partial charge on any atom is 0.200 e. The SMILES string of the molecule is COc1ccc(C2CCC(c3ccc(C)c(F)c3)CC2)c(F)c1F. The predicted octanol–water partition coefficient (Wildman–Crippen LogP) is 5.86. The number of hydrogen-bond donors (Lipinski definition) is 0. The molecule has 2 aromatic rings. The molecule has 24 heavy (non-hydrogen) atoms. The zero-order valence-corrected chi connectivity index (χ0v) is 13.9. The van der Waals surface area contributed by atoms with Gasteiger partial charge in [-0.05, 0) is 73.3 Å². The van der Waals surface area contributed by atoms with Gasteiger partial charge in [0.25, 0.3) is 0 Å². The summed E-state index contributed by atoms with van der Waals surface area (Å²) in [4.78, 5) is 0. The molecule has 128 valence electrons. The standard InChI is InChI=1S/C20H21F3O/c1-12-3-4-15(11-17(12)21)13-5-7-14(8-6-13)16-9-10-18(24-2)20(23)19(16)22/h3-4,9-11,13-14H,5-8H2,1-2H3. The zero-order valence-electron chi connectivity index (χ0n) is 13.9. The van der Waals surface area contributed by atoms with Gasteiger partial charge in [-0.15, -0.1) is 0 Å². The number of halogens is 3. The Balaban J connectivity index is 1.73. The van der Waals surface area contributed by atoms with Gasteiger partial charge in [-0.2, -0.15) is 4.39 Å². The second-order valence-corrected chi connectivity index (χ2v) is 6.54. The van der Waals surface area contributed by atoms with Crippen molar-refractivity contribution in [3.05, 3.63) is 64.5 Å². The highest BCUT2D eigenvalue weighted by molar-refractivity contribution is 5.34. The van der Waals surface area contributed by atoms with Crippen LogP contribution in [0.3, 0.4) is 0 Å². The quantitative estimate of drug-likeness (QED) is 0.683. The van der Waals surface area contributed by atoms with E-state index in [1.165, 1.54) is 13.2 Å². The van der Waals surface area contributed by atoms with E-state index in [0.717, 1.165) is 31.2 Å². The number of aryl methyl sites for hydroxylation is 1. The van der Waals surface area contributed by atoms with Crippen molar-refractivity contribution in [3.63, 3.8) is 0 Å². The summed E-state index contributed by atoms with van der Waals surface area (Å²) < 4.78 is 46.7. The third-order valence-electron chi connectivity index (χ3n) is 5.13. The van der Waals surface area contributed by atoms with Crippen LogP contribution in [0.4, 0.5) is 13.2 Å². The fourth-order valence-corrected chi connectivity index (χ4v) is 3.62. The maximum atomic E-state index is 14.2. The van der Waals surface area contributed by atoms with Crippen molar-refractivity contribution in [2.75, 3.05) is 7.11 Å². The van der Waals surface area contributed by atoms with E-state index < -0.39 is 11.6 Å². The molecule has 0 saturated heterocycles. The molecule has 1 saturated carbocycles. The molecule has 1 aliphatic rings. The second-order valence-electron chi connectivity index (χ2n) is 6.54. The van der Waals surface area contributed by atoms with Crippen LogP contribution in [-0.4, -0.2) is 7.11 Å². The van der Waals surface area contributed by atoms with Crippen LogP contribution in [0.5, 0.6) is 5.75 Å². The lowest BCUT2D eigenvalue weighted by Gasteiger charge is -2.29. The van der Waals surface area contributed by atoms with Crippen LogP contribution in [0, 0.1) is 24.4 Å². The Morgan fingerprint density at radius 3 is 2.17 bits per heavy atom. The molecule has 3 rings (SSSR count). The lowest BCUT2D eigenvalue weighted by Crippen LogP contribution is -2.14. The molecule has 0 aromatic heterocycles. The fourth-order valence-electron chi connectivity index (χ4n) is 3.62. The Labute approximate surface area is 140 Å². The molecule has 1 fully saturated rings. The van der Waals surface area contributed by atoms with Crippen molar-refractivity contribution in [1.29, 1.82) is 0 Å². The van der Waals surface area contributed by atoms with E-state index >= 15 is 0 Å². The first-order valence-corrected chi connectivity index (χ1v) is 8.29. The van der Waals surface area contributed by atoms with E-state index in [1.54, 1.807) is 25.1 Å². The molecule has 1 aliphatic carbocycles. The van der Waals surface area contributed by atoms with Gasteiger partial charge in [-0.25, -0.2) is 8.78 Å². The Morgan fingerprint density at radius 2 is 1.54 bits per heavy atom. The average molecular weight is 334 g/mol. The molecule has 0 bridgehead atoms. The van der Waals surface area contributed by atoms with Crippen molar-refractivity contribution < 1.29 is 17.9 Å². The molecule has 0 atom stereocenters. The Kier molecular flexibility index (Phi) is 4.83. The number of hydrogen-bond acceptors (Lipinski definition) is 1. The van der Waals surface area contributed by atoms with Gasteiger partial charge in [0.2, 0.25) is 5.82 Å². The van der Waals surface area contributed by atoms with E-state index in [0.29, 0.717) is 11.1 Å². The number of ether oxygens (including phenoxy) is 1. The van der Waals surface area contributed by atoms with Crippen LogP contribution in [-0.2, 0) is 0 Å². The Bertz CT molecular complexity index is 734. The average Bonchev–Trinajstić information content (AvgIpc) is 2.60. The van der Waals surface area contributed by atoms with Gasteiger partial charge in [0.15, 0.2) is 11.6 Å². The van der Waals surface area contributed by atoms with Crippen LogP contribution in [0.1, 0.15) is 54.2 Å². The smallest absolute Gasteiger partial charge is 0.200 e. The van der Waals surface area contributed by atoms with Crippen molar-refractivity contribution in [2.24, 2.45) is 0 Å². The Hall–Kier alpha value is -1.97. The summed E-state index contributed by atoms with van der Waals surface area (Å²) in [6.07, 6.45) is 3.23. The van der Waals surface area contributed by atoms with Crippen molar-refractivity contribution in [2.45, 2.75) is 44.4 Å². The molecule has 1 nitrogen and oxygen atoms in total. The van der Waals surface area contributed by atoms with Gasteiger partial charge in [-0.3, -0.25) is 0 Å². The molecule has 0 radical (unpaired) electrons. The molecule has 0 N–H and O–H groups in total. The van der Waals surface area contributed by atoms with E-state index in [9.17, 15) is 13.2 Å². The van der Waals surface area contributed by atoms with Crippen LogP contribution in [0.25, 0.3) is 0 Å². The van der Waals surface area contributed by atoms with Gasteiger partial charge in [0.1, 0.15) is 5.82 Å². The molecule has 0 spiro atoms. The third-order valence-corrected chi connectivity index (χ3v) is 5.13. The van der Waals surface area contributed by atoms with Crippen LogP contribution in [0.15, 0.2) is 30.3 Å². The number of methoxy groups -OCH3 is 1. The molecule has 4 heteroatoms. The molecular weight excluding hydrogens is 313 g/mol. The van der Waals surface area contributed by atoms with Crippen LogP contribution >= 0.6 is 0 Å². The molecule has 2 aromatic carbocycles. The third kappa shape index (κ3) is 3.14. The minimum absolute atomic E-state index is 0.00282. The largest absolute Gasteiger partial charge is 0.494 e. The van der Waals surface area contributed by atoms with Crippen molar-refractivity contribution in [3.8, 4) is 5.75 Å². The first kappa shape index (κ1) is 16.9. The summed E-state index contributed by atoms with van der Waals surface area (Å²) in [5, 5.41) is 0. The minimum atomic E-state index is -0.919. The highest BCUT2D eigenvalue weighted by Gasteiger charge is 2.27. The topological polar surface area (TPSA) is 9.23 Å². The molecule has 0 unspecified atom stereocenters. The summed E-state index contributed by atoms with van der Waals surface area (Å²) in [5.41, 5.74) is 2.06. The van der Waals surface area contributed by atoms with Gasteiger partial charge in [-0.1, -0.05) is 18.2 Å². The second kappa shape index (κ2) is 6.88. The van der Waals surface area contributed by atoms with Gasteiger partial charge >= 0.3 is 0 Å². The van der Waals surface area contributed by atoms with E-state index in [1.807, 2.05) is 6.07 Å². The normalized spacial score (nSPS) is 20.9. The van der Waals surface area contributed by atoms with Crippen LogP contribution < -0.4 is 4.74 Å². The number of rotatable bonds is 3. The summed E-state index contributed by atoms with van der Waals surface area (Å²) in [6, 6.07) is 8.48. The fraction of sp³-hybridized carbons (Fsp3) is 0.400. The van der Waals surface area contributed by atoms with E-state index in [-0.39, 0.29) is 23.4 Å². The minimum Gasteiger partial charge on any atom is -0.494 e. The molecule has 0 heterocycles. The summed E-state index contributed by atoms with van der Waals surface area (Å²) >= 11 is 0. The first-order valence-electron chi connectivity index (χ1n) is 8.29. The lowest BCUT2D eigenvalue weighted by molar-refractivity contribution is 0.356. The molecule has 0 aliphatic heterocycles. The van der Waals surface area contributed by atoms with Crippen molar-refractivity contribution >= 4 is 0 Å². The summed E-state index contributed by atoms with van der Waals surface area (Å²) in [5.74, 6) is -1.70. The summed E-state index contributed by atoms with van der Waals surface area (Å²) in [6.45, 7) is 1.75. The maximum absolute atomic E-state index is 14.2. The van der Waals surface area contributed by atoms with E-state index in [4.69, 9.17) is 4.74 Å². The molecule has 0 amide bonds. The predicted molar refractivity (Wildman–Crippen MR) is 88.0 cm³/mol. The van der Waals surface area contributed by atoms with Crippen LogP contribution in [0.2, 0.25) is 0 Å². The monoisotopic (exact) mass is 334 g/mol. The van der Waals surface area contributed by atoms with Gasteiger partial charge in [0.05, 0.1) is 7.11 Å². The van der Waals surface area contributed by atoms with Gasteiger partial charge < -0.3 is 4.74 Å². The number of benzene rings is 2. The Morgan fingerprint density at radius 1 is 0.875 bits per heavy atom. The summed E-state index contributed by atoms with van der Waals surface area (Å²) in [7, 11) is 1.32.